The summed E-state index contributed by atoms with van der Waals surface area (Å²) in [5, 5.41) is 3.00. The van der Waals surface area contributed by atoms with Crippen LogP contribution in [0.15, 0.2) is 12.4 Å². The van der Waals surface area contributed by atoms with Crippen molar-refractivity contribution >= 4 is 23.5 Å². The van der Waals surface area contributed by atoms with Gasteiger partial charge in [-0.05, 0) is 6.92 Å². The molecule has 0 bridgehead atoms. The van der Waals surface area contributed by atoms with Crippen LogP contribution in [0.4, 0.5) is 11.6 Å². The minimum absolute atomic E-state index is 0.133. The van der Waals surface area contributed by atoms with Gasteiger partial charge < -0.3 is 21.7 Å². The summed E-state index contributed by atoms with van der Waals surface area (Å²) in [6, 6.07) is 1.62. The van der Waals surface area contributed by atoms with E-state index in [4.69, 9.17) is 11.5 Å². The predicted molar refractivity (Wildman–Crippen MR) is 66.8 cm³/mol. The van der Waals surface area contributed by atoms with E-state index in [-0.39, 0.29) is 13.1 Å². The summed E-state index contributed by atoms with van der Waals surface area (Å²) in [5.41, 5.74) is 10.2. The highest BCUT2D eigenvalue weighted by molar-refractivity contribution is 5.84. The number of primary amides is 2. The van der Waals surface area contributed by atoms with Crippen molar-refractivity contribution in [3.8, 4) is 0 Å². The van der Waals surface area contributed by atoms with Gasteiger partial charge in [0.15, 0.2) is 0 Å². The minimum atomic E-state index is -0.570. The van der Waals surface area contributed by atoms with E-state index in [0.29, 0.717) is 18.2 Å². The molecule has 0 unspecified atom stereocenters. The normalized spacial score (nSPS) is 9.83. The van der Waals surface area contributed by atoms with Crippen LogP contribution >= 0.6 is 0 Å². The molecule has 1 rings (SSSR count). The molecule has 2 amide bonds. The fraction of sp³-hybridized carbons (Fsp3) is 0.400. The van der Waals surface area contributed by atoms with Crippen LogP contribution in [0.3, 0.4) is 0 Å². The van der Waals surface area contributed by atoms with Gasteiger partial charge in [-0.15, -0.1) is 0 Å². The fourth-order valence-electron chi connectivity index (χ4n) is 1.39. The lowest BCUT2D eigenvalue weighted by molar-refractivity contribution is -0.117. The summed E-state index contributed by atoms with van der Waals surface area (Å²) in [7, 11) is 0. The first-order valence-electron chi connectivity index (χ1n) is 5.40. The first-order chi connectivity index (χ1) is 8.52. The van der Waals surface area contributed by atoms with Crippen molar-refractivity contribution in [3.05, 3.63) is 12.4 Å². The number of aromatic nitrogens is 2. The molecule has 0 saturated carbocycles. The molecule has 5 N–H and O–H groups in total. The second-order valence-electron chi connectivity index (χ2n) is 3.58. The van der Waals surface area contributed by atoms with E-state index in [2.05, 4.69) is 15.3 Å². The molecule has 0 aromatic carbocycles. The molecule has 0 aliphatic rings. The molecule has 98 valence electrons. The number of rotatable bonds is 7. The first-order valence-corrected chi connectivity index (χ1v) is 5.40. The predicted octanol–water partition coefficient (Wildman–Crippen LogP) is -1.31. The zero-order chi connectivity index (χ0) is 13.5. The van der Waals surface area contributed by atoms with Crippen LogP contribution in [-0.4, -0.2) is 41.4 Å². The van der Waals surface area contributed by atoms with Gasteiger partial charge in [0.25, 0.3) is 0 Å². The van der Waals surface area contributed by atoms with Crippen LogP contribution in [0.25, 0.3) is 0 Å². The third-order valence-corrected chi connectivity index (χ3v) is 2.03. The molecule has 0 atom stereocenters. The molecular weight excluding hydrogens is 236 g/mol. The van der Waals surface area contributed by atoms with Gasteiger partial charge in [-0.25, -0.2) is 9.97 Å². The highest BCUT2D eigenvalue weighted by Gasteiger charge is 2.14. The molecule has 0 spiro atoms. The number of hydrogen-bond donors (Lipinski definition) is 3. The lowest BCUT2D eigenvalue weighted by Gasteiger charge is -2.20. The number of amides is 2. The Morgan fingerprint density at radius 2 is 1.89 bits per heavy atom. The van der Waals surface area contributed by atoms with Gasteiger partial charge in [-0.1, -0.05) is 0 Å². The zero-order valence-electron chi connectivity index (χ0n) is 10.1. The van der Waals surface area contributed by atoms with Crippen LogP contribution in [0.1, 0.15) is 6.92 Å². The van der Waals surface area contributed by atoms with Crippen molar-refractivity contribution in [2.75, 3.05) is 29.9 Å². The van der Waals surface area contributed by atoms with Crippen LogP contribution in [0, 0.1) is 0 Å². The van der Waals surface area contributed by atoms with Crippen molar-refractivity contribution < 1.29 is 9.59 Å². The maximum Gasteiger partial charge on any atom is 0.237 e. The van der Waals surface area contributed by atoms with Crippen molar-refractivity contribution in [2.24, 2.45) is 11.5 Å². The number of nitrogens with one attached hydrogen (secondary N) is 1. The second-order valence-corrected chi connectivity index (χ2v) is 3.58. The Hall–Kier alpha value is -2.38. The molecule has 1 aromatic rings. The average molecular weight is 252 g/mol. The third kappa shape index (κ3) is 4.24. The Labute approximate surface area is 104 Å². The molecule has 0 aliphatic heterocycles. The number of hydrogen-bond acceptors (Lipinski definition) is 6. The molecule has 18 heavy (non-hydrogen) atoms. The summed E-state index contributed by atoms with van der Waals surface area (Å²) in [5.74, 6) is -0.125. The minimum Gasteiger partial charge on any atom is -0.370 e. The second kappa shape index (κ2) is 6.38. The Morgan fingerprint density at radius 3 is 2.39 bits per heavy atom. The van der Waals surface area contributed by atoms with Crippen LogP contribution < -0.4 is 21.7 Å². The van der Waals surface area contributed by atoms with E-state index in [1.165, 1.54) is 11.2 Å². The molecular formula is C10H16N6O2. The molecule has 0 fully saturated rings. The monoisotopic (exact) mass is 252 g/mol. The number of anilines is 2. The van der Waals surface area contributed by atoms with Crippen molar-refractivity contribution in [3.63, 3.8) is 0 Å². The quantitative estimate of drug-likeness (QED) is 0.552. The highest BCUT2D eigenvalue weighted by Crippen LogP contribution is 2.13. The molecule has 0 radical (unpaired) electrons. The van der Waals surface area contributed by atoms with Crippen molar-refractivity contribution in [1.82, 2.24) is 9.97 Å². The number of carbonyl (C=O) groups excluding carboxylic acids is 2. The van der Waals surface area contributed by atoms with Crippen LogP contribution in [-0.2, 0) is 9.59 Å². The average Bonchev–Trinajstić information content (AvgIpc) is 2.28. The molecule has 1 aromatic heterocycles. The maximum absolute atomic E-state index is 10.9. The third-order valence-electron chi connectivity index (χ3n) is 2.03. The van der Waals surface area contributed by atoms with Crippen LogP contribution in [0.5, 0.6) is 0 Å². The fourth-order valence-corrected chi connectivity index (χ4v) is 1.39. The van der Waals surface area contributed by atoms with E-state index in [0.717, 1.165) is 0 Å². The Morgan fingerprint density at radius 1 is 1.28 bits per heavy atom. The molecule has 1 heterocycles. The summed E-state index contributed by atoms with van der Waals surface area (Å²) in [4.78, 5) is 31.3. The van der Waals surface area contributed by atoms with Gasteiger partial charge in [-0.2, -0.15) is 0 Å². The largest absolute Gasteiger partial charge is 0.370 e. The standard InChI is InChI=1S/C10H16N6O2/c1-2-13-9-3-10(15-6-14-9)16(4-7(11)17)5-8(12)18/h3,6H,2,4-5H2,1H3,(H2,11,17)(H2,12,18)(H,13,14,15). The number of nitrogens with two attached hydrogens (primary N) is 2. The van der Waals surface area contributed by atoms with Gasteiger partial charge in [0.05, 0.1) is 13.1 Å². The molecule has 0 aliphatic carbocycles. The van der Waals surface area contributed by atoms with Gasteiger partial charge in [0.2, 0.25) is 11.8 Å². The Balaban J connectivity index is 2.92. The summed E-state index contributed by atoms with van der Waals surface area (Å²) in [6.45, 7) is 2.35. The Bertz CT molecular complexity index is 420. The Kier molecular flexibility index (Phi) is 4.85. The van der Waals surface area contributed by atoms with Crippen molar-refractivity contribution in [1.29, 1.82) is 0 Å². The van der Waals surface area contributed by atoms with E-state index < -0.39 is 11.8 Å². The summed E-state index contributed by atoms with van der Waals surface area (Å²) in [6.07, 6.45) is 1.34. The molecule has 8 heteroatoms. The molecule has 8 nitrogen and oxygen atoms in total. The summed E-state index contributed by atoms with van der Waals surface area (Å²) < 4.78 is 0. The first kappa shape index (κ1) is 13.7. The van der Waals surface area contributed by atoms with E-state index >= 15 is 0 Å². The van der Waals surface area contributed by atoms with Crippen LogP contribution in [0.2, 0.25) is 0 Å². The summed E-state index contributed by atoms with van der Waals surface area (Å²) >= 11 is 0. The lowest BCUT2D eigenvalue weighted by Crippen LogP contribution is -2.40. The van der Waals surface area contributed by atoms with E-state index in [1.54, 1.807) is 6.07 Å². The zero-order valence-corrected chi connectivity index (χ0v) is 10.1. The van der Waals surface area contributed by atoms with E-state index in [9.17, 15) is 9.59 Å². The van der Waals surface area contributed by atoms with Gasteiger partial charge in [-0.3, -0.25) is 9.59 Å². The van der Waals surface area contributed by atoms with Crippen molar-refractivity contribution in [2.45, 2.75) is 6.92 Å². The van der Waals surface area contributed by atoms with Gasteiger partial charge >= 0.3 is 0 Å². The SMILES string of the molecule is CCNc1cc(N(CC(N)=O)CC(N)=O)ncn1. The number of carbonyl (C=O) groups is 2. The lowest BCUT2D eigenvalue weighted by atomic mass is 10.4. The molecule has 0 saturated heterocycles. The highest BCUT2D eigenvalue weighted by atomic mass is 16.2. The van der Waals surface area contributed by atoms with E-state index in [1.807, 2.05) is 6.92 Å². The topological polar surface area (TPSA) is 127 Å². The number of nitrogens with zero attached hydrogens (tertiary/aromatic N) is 3. The van der Waals surface area contributed by atoms with Gasteiger partial charge in [0.1, 0.15) is 18.0 Å². The smallest absolute Gasteiger partial charge is 0.237 e. The van der Waals surface area contributed by atoms with Gasteiger partial charge in [0, 0.05) is 12.6 Å². The maximum atomic E-state index is 10.9.